The molecule has 3 amide bonds. The number of nitrogens with one attached hydrogen (secondary N) is 2. The topological polar surface area (TPSA) is 87.7 Å². The number of carbonyl (C=O) groups excluding carboxylic acids is 3. The highest BCUT2D eigenvalue weighted by Crippen LogP contribution is 2.32. The van der Waals surface area contributed by atoms with Crippen LogP contribution in [0.1, 0.15) is 105 Å². The average Bonchev–Trinajstić information content (AvgIpc) is 2.76. The van der Waals surface area contributed by atoms with Gasteiger partial charge in [0.05, 0.1) is 0 Å². The fourth-order valence-corrected chi connectivity index (χ4v) is 4.09. The van der Waals surface area contributed by atoms with E-state index >= 15 is 0 Å². The number of carbonyl (C=O) groups is 3. The third kappa shape index (κ3) is 9.47. The molecule has 1 aromatic rings. The molecule has 0 saturated heterocycles. The van der Waals surface area contributed by atoms with Crippen LogP contribution in [0.4, 0.5) is 4.79 Å². The Labute approximate surface area is 218 Å². The minimum absolute atomic E-state index is 0.167. The zero-order valence-electron chi connectivity index (χ0n) is 24.2. The zero-order chi connectivity index (χ0) is 27.7. The van der Waals surface area contributed by atoms with E-state index in [1.807, 2.05) is 65.8 Å². The fraction of sp³-hybridized carbons (Fsp3) is 0.690. The van der Waals surface area contributed by atoms with Gasteiger partial charge in [0.15, 0.2) is 0 Å². The monoisotopic (exact) mass is 503 g/mol. The number of ether oxygens (including phenoxy) is 1. The van der Waals surface area contributed by atoms with Crippen LogP contribution >= 0.6 is 0 Å². The summed E-state index contributed by atoms with van der Waals surface area (Å²) in [4.78, 5) is 42.3. The van der Waals surface area contributed by atoms with Gasteiger partial charge in [-0.2, -0.15) is 0 Å². The molecule has 3 atom stereocenters. The van der Waals surface area contributed by atoms with Gasteiger partial charge in [0.25, 0.3) is 0 Å². The van der Waals surface area contributed by atoms with E-state index in [0.29, 0.717) is 13.0 Å². The van der Waals surface area contributed by atoms with Gasteiger partial charge < -0.3 is 20.3 Å². The van der Waals surface area contributed by atoms with Crippen LogP contribution in [0.5, 0.6) is 0 Å². The van der Waals surface area contributed by atoms with E-state index in [1.165, 1.54) is 0 Å². The summed E-state index contributed by atoms with van der Waals surface area (Å²) in [6.07, 6.45) is 2.97. The minimum Gasteiger partial charge on any atom is -0.444 e. The fourth-order valence-electron chi connectivity index (χ4n) is 4.09. The summed E-state index contributed by atoms with van der Waals surface area (Å²) in [5.41, 5.74) is 0.299. The van der Waals surface area contributed by atoms with Gasteiger partial charge in [-0.15, -0.1) is 0 Å². The Kier molecular flexibility index (Phi) is 11.9. The quantitative estimate of drug-likeness (QED) is 0.368. The van der Waals surface area contributed by atoms with E-state index in [-0.39, 0.29) is 17.7 Å². The number of unbranched alkanes of at least 4 members (excludes halogenated alkanes) is 2. The van der Waals surface area contributed by atoms with Gasteiger partial charge >= 0.3 is 6.09 Å². The molecule has 2 N–H and O–H groups in total. The van der Waals surface area contributed by atoms with Crippen LogP contribution in [0, 0.1) is 12.8 Å². The third-order valence-corrected chi connectivity index (χ3v) is 6.18. The number of nitrogens with zero attached hydrogens (tertiary/aromatic N) is 1. The highest BCUT2D eigenvalue weighted by atomic mass is 16.6. The van der Waals surface area contributed by atoms with Crippen LogP contribution in [0.25, 0.3) is 0 Å². The molecule has 36 heavy (non-hydrogen) atoms. The van der Waals surface area contributed by atoms with Gasteiger partial charge in [0.1, 0.15) is 17.7 Å². The molecule has 0 bridgehead atoms. The molecule has 0 aromatic heterocycles. The second-order valence-corrected chi connectivity index (χ2v) is 11.6. The molecule has 7 heteroatoms. The largest absolute Gasteiger partial charge is 0.444 e. The summed E-state index contributed by atoms with van der Waals surface area (Å²) >= 11 is 0. The molecule has 7 nitrogen and oxygen atoms in total. The van der Waals surface area contributed by atoms with Crippen molar-refractivity contribution in [3.63, 3.8) is 0 Å². The summed E-state index contributed by atoms with van der Waals surface area (Å²) in [5.74, 6) is -0.691. The Morgan fingerprint density at radius 1 is 1.00 bits per heavy atom. The van der Waals surface area contributed by atoms with Crippen LogP contribution in [-0.2, 0) is 14.3 Å². The lowest BCUT2D eigenvalue weighted by Gasteiger charge is -2.44. The lowest BCUT2D eigenvalue weighted by molar-refractivity contribution is -0.149. The molecule has 0 heterocycles. The molecule has 0 spiro atoms. The van der Waals surface area contributed by atoms with E-state index in [0.717, 1.165) is 30.4 Å². The van der Waals surface area contributed by atoms with Gasteiger partial charge in [-0.25, -0.2) is 4.79 Å². The predicted molar refractivity (Wildman–Crippen MR) is 146 cm³/mol. The molecule has 3 unspecified atom stereocenters. The number of hydrogen-bond acceptors (Lipinski definition) is 4. The maximum absolute atomic E-state index is 14.3. The molecule has 1 rings (SSSR count). The number of benzene rings is 1. The first-order valence-electron chi connectivity index (χ1n) is 13.3. The molecular formula is C29H49N3O4. The number of hydrogen-bond donors (Lipinski definition) is 2. The lowest BCUT2D eigenvalue weighted by atomic mass is 9.90. The van der Waals surface area contributed by atoms with E-state index in [4.69, 9.17) is 4.74 Å². The Hall–Kier alpha value is -2.57. The van der Waals surface area contributed by atoms with Crippen LogP contribution in [0.2, 0.25) is 0 Å². The van der Waals surface area contributed by atoms with Crippen LogP contribution in [0.3, 0.4) is 0 Å². The first-order chi connectivity index (χ1) is 16.6. The standard InChI is InChI=1S/C29H49N3O4/c1-11-13-16-19-30-25(33)24(22-18-15-14-17-21(22)4)32(28(5,6)7)26(34)23(20(3)12-2)31-27(35)36-29(8,9)10/h14-15,17-18,20,23-24H,11-13,16,19H2,1-10H3,(H,30,33)(H,31,35). The first kappa shape index (κ1) is 31.5. The Morgan fingerprint density at radius 3 is 2.11 bits per heavy atom. The zero-order valence-corrected chi connectivity index (χ0v) is 24.2. The second-order valence-electron chi connectivity index (χ2n) is 11.6. The van der Waals surface area contributed by atoms with E-state index in [1.54, 1.807) is 25.7 Å². The highest BCUT2D eigenvalue weighted by molar-refractivity contribution is 5.93. The van der Waals surface area contributed by atoms with Crippen molar-refractivity contribution in [3.05, 3.63) is 35.4 Å². The maximum Gasteiger partial charge on any atom is 0.408 e. The molecule has 0 fully saturated rings. The number of aryl methyl sites for hydroxylation is 1. The summed E-state index contributed by atoms with van der Waals surface area (Å²) in [5, 5.41) is 5.87. The van der Waals surface area contributed by atoms with Crippen LogP contribution in [0.15, 0.2) is 24.3 Å². The second kappa shape index (κ2) is 13.7. The summed E-state index contributed by atoms with van der Waals surface area (Å²) in [7, 11) is 0. The van der Waals surface area contributed by atoms with Gasteiger partial charge in [-0.1, -0.05) is 64.3 Å². The summed E-state index contributed by atoms with van der Waals surface area (Å²) < 4.78 is 5.47. The third-order valence-electron chi connectivity index (χ3n) is 6.18. The molecular weight excluding hydrogens is 454 g/mol. The molecule has 204 valence electrons. The summed E-state index contributed by atoms with van der Waals surface area (Å²) in [6.45, 7) is 19.6. The lowest BCUT2D eigenvalue weighted by Crippen LogP contribution is -2.60. The Bertz CT molecular complexity index is 870. The van der Waals surface area contributed by atoms with Crippen molar-refractivity contribution in [2.24, 2.45) is 5.92 Å². The van der Waals surface area contributed by atoms with Crippen molar-refractivity contribution in [2.75, 3.05) is 6.54 Å². The molecule has 0 aliphatic heterocycles. The Balaban J connectivity index is 3.53. The maximum atomic E-state index is 14.3. The van der Waals surface area contributed by atoms with Gasteiger partial charge in [0, 0.05) is 12.1 Å². The van der Waals surface area contributed by atoms with Gasteiger partial charge in [-0.05, 0) is 71.9 Å². The average molecular weight is 504 g/mol. The van der Waals surface area contributed by atoms with Crippen molar-refractivity contribution in [3.8, 4) is 0 Å². The number of amides is 3. The van der Waals surface area contributed by atoms with Crippen molar-refractivity contribution >= 4 is 17.9 Å². The van der Waals surface area contributed by atoms with Crippen molar-refractivity contribution in [2.45, 2.75) is 118 Å². The molecule has 0 radical (unpaired) electrons. The normalized spacial score (nSPS) is 14.4. The van der Waals surface area contributed by atoms with Gasteiger partial charge in [0.2, 0.25) is 11.8 Å². The smallest absolute Gasteiger partial charge is 0.408 e. The summed E-state index contributed by atoms with van der Waals surface area (Å²) in [6, 6.07) is 5.97. The Morgan fingerprint density at radius 2 is 1.61 bits per heavy atom. The van der Waals surface area contributed by atoms with Crippen molar-refractivity contribution in [1.82, 2.24) is 15.5 Å². The van der Waals surface area contributed by atoms with Gasteiger partial charge in [-0.3, -0.25) is 9.59 Å². The van der Waals surface area contributed by atoms with Crippen molar-refractivity contribution in [1.29, 1.82) is 0 Å². The molecule has 0 aliphatic carbocycles. The SMILES string of the molecule is CCCCCNC(=O)C(c1ccccc1C)N(C(=O)C(NC(=O)OC(C)(C)C)C(C)CC)C(C)(C)C. The molecule has 1 aromatic carbocycles. The van der Waals surface area contributed by atoms with Crippen LogP contribution in [-0.4, -0.2) is 46.5 Å². The van der Waals surface area contributed by atoms with Crippen molar-refractivity contribution < 1.29 is 19.1 Å². The predicted octanol–water partition coefficient (Wildman–Crippen LogP) is 5.91. The van der Waals surface area contributed by atoms with E-state index < -0.39 is 29.3 Å². The first-order valence-corrected chi connectivity index (χ1v) is 13.3. The van der Waals surface area contributed by atoms with Crippen LogP contribution < -0.4 is 10.6 Å². The van der Waals surface area contributed by atoms with E-state index in [2.05, 4.69) is 17.6 Å². The van der Waals surface area contributed by atoms with E-state index in [9.17, 15) is 14.4 Å². The number of rotatable bonds is 11. The highest BCUT2D eigenvalue weighted by Gasteiger charge is 2.43. The minimum atomic E-state index is -0.844. The molecule has 0 aliphatic rings. The number of alkyl carbamates (subject to hydrolysis) is 1. The molecule has 0 saturated carbocycles.